The number of aromatic amines is 1. The Morgan fingerprint density at radius 1 is 0.515 bits per heavy atom. The number of halogens is 1. The maximum atomic E-state index is 10.6. The van der Waals surface area contributed by atoms with Gasteiger partial charge in [-0.1, -0.05) is 154 Å². The Labute approximate surface area is 581 Å². The number of phenolic OH excluding ortho intramolecular Hbond substituents is 1. The molecule has 546 valence electrons. The van der Waals surface area contributed by atoms with Crippen LogP contribution in [0.2, 0.25) is 5.02 Å². The second-order valence-corrected chi connectivity index (χ2v) is 23.7. The summed E-state index contributed by atoms with van der Waals surface area (Å²) in [6.45, 7) is 4.16. The smallest absolute Gasteiger partial charge is 0.337 e. The molecule has 29 nitrogen and oxygen atoms in total. The first-order valence-electron chi connectivity index (χ1n) is 30.8. The van der Waals surface area contributed by atoms with Gasteiger partial charge >= 0.3 is 53.7 Å². The molecule has 1 aliphatic carbocycles. The van der Waals surface area contributed by atoms with Crippen molar-refractivity contribution in [2.45, 2.75) is 139 Å². The topological polar surface area (TPSA) is 569 Å². The minimum atomic E-state index is -1.54. The minimum absolute atomic E-state index is 0.00116. The number of hydrogen-bond acceptors (Lipinski definition) is 20. The summed E-state index contributed by atoms with van der Waals surface area (Å²) in [5.41, 5.74) is 25.7. The van der Waals surface area contributed by atoms with Gasteiger partial charge in [-0.15, -0.1) is 0 Å². The van der Waals surface area contributed by atoms with Crippen LogP contribution in [0.25, 0.3) is 10.9 Å². The largest absolute Gasteiger partial charge is 0.508 e. The van der Waals surface area contributed by atoms with E-state index < -0.39 is 102 Å². The lowest BCUT2D eigenvalue weighted by Gasteiger charge is -2.23. The molecule has 2 heterocycles. The van der Waals surface area contributed by atoms with Gasteiger partial charge in [-0.25, -0.2) is 19.2 Å². The van der Waals surface area contributed by atoms with Crippen molar-refractivity contribution in [3.05, 3.63) is 172 Å². The predicted molar refractivity (Wildman–Crippen MR) is 370 cm³/mol. The van der Waals surface area contributed by atoms with Crippen molar-refractivity contribution in [1.82, 2.24) is 10.3 Å². The number of fused-ring (bicyclic) bond motifs is 1. The van der Waals surface area contributed by atoms with E-state index >= 15 is 0 Å². The van der Waals surface area contributed by atoms with Crippen LogP contribution in [0.3, 0.4) is 0 Å². The number of aromatic hydroxyl groups is 1. The summed E-state index contributed by atoms with van der Waals surface area (Å²) in [5.74, 6) is -8.57. The molecule has 0 spiro atoms. The number of phenols is 1. The zero-order valence-electron chi connectivity index (χ0n) is 54.9. The van der Waals surface area contributed by atoms with Crippen LogP contribution in [0.1, 0.15) is 105 Å². The molecule has 1 saturated heterocycles. The highest BCUT2D eigenvalue weighted by atomic mass is 35.5. The molecule has 5 aromatic carbocycles. The Hall–Kier alpha value is -9.05. The molecule has 0 bridgehead atoms. The summed E-state index contributed by atoms with van der Waals surface area (Å²) in [5, 5.41) is 125. The first kappa shape index (κ1) is 89.9. The molecule has 2 fully saturated rings. The van der Waals surface area contributed by atoms with Crippen LogP contribution in [0.15, 0.2) is 140 Å². The van der Waals surface area contributed by atoms with Gasteiger partial charge in [0, 0.05) is 34.1 Å². The zero-order valence-corrected chi connectivity index (χ0v) is 56.4. The monoisotopic (exact) mass is 1430 g/mol. The number of H-pyrrole nitrogens is 1. The van der Waals surface area contributed by atoms with Crippen molar-refractivity contribution in [3.8, 4) is 5.75 Å². The Morgan fingerprint density at radius 3 is 1.39 bits per heavy atom. The minimum Gasteiger partial charge on any atom is -0.508 e. The molecule has 8 rings (SSSR count). The molecule has 1 aromatic heterocycles. The van der Waals surface area contributed by atoms with Crippen LogP contribution in [-0.2, 0) is 62.4 Å². The summed E-state index contributed by atoms with van der Waals surface area (Å²) in [6, 6.07) is 34.5. The van der Waals surface area contributed by atoms with Crippen LogP contribution in [0, 0.1) is 11.8 Å². The number of nitrogens with one attached hydrogen (secondary N) is 2. The maximum absolute atomic E-state index is 10.6. The highest BCUT2D eigenvalue weighted by Crippen LogP contribution is 2.27. The summed E-state index contributed by atoms with van der Waals surface area (Å²) in [4.78, 5) is 95.5. The SMILES string of the molecule is CC(C)[C@H](O)C(=O)O.CSCC[C@H](N)C(=O)O.N[C@@H](Cc1c[nH]c2ccccc12)C(=O)O.N[C@@H](Cc1ccc(O)cc1)C(=O)O.N[C@@H](Cc1ccccc1)C(=O)O.O=C(O)[C@@H]1CCCN1.O=C(O)[C@H](O)C1CCCCC1.O=C(O)[C@H](O)c1ccccc1.O=C(O)[C@H](O)c1ccccc1Cl. The third kappa shape index (κ3) is 39.2. The average molecular weight is 1430 g/mol. The number of aliphatic carboxylic acids is 9. The van der Waals surface area contributed by atoms with Crippen LogP contribution in [-0.4, -0.2) is 191 Å². The van der Waals surface area contributed by atoms with E-state index in [-0.39, 0.29) is 40.6 Å². The van der Waals surface area contributed by atoms with Crippen molar-refractivity contribution in [3.63, 3.8) is 0 Å². The van der Waals surface area contributed by atoms with E-state index in [0.717, 1.165) is 78.4 Å². The van der Waals surface area contributed by atoms with Gasteiger partial charge in [0.15, 0.2) is 24.4 Å². The fraction of sp³-hybridized carbons (Fsp3) is 0.397. The number of aliphatic hydroxyl groups excluding tert-OH is 4. The number of para-hydroxylation sites is 1. The lowest BCUT2D eigenvalue weighted by molar-refractivity contribution is -0.150. The molecule has 99 heavy (non-hydrogen) atoms. The fourth-order valence-corrected chi connectivity index (χ4v) is 9.09. The Balaban J connectivity index is 0.00000110. The number of aliphatic hydroxyl groups is 4. The van der Waals surface area contributed by atoms with Gasteiger partial charge in [-0.2, -0.15) is 11.8 Å². The summed E-state index contributed by atoms with van der Waals surface area (Å²) in [7, 11) is 0. The van der Waals surface area contributed by atoms with Gasteiger partial charge in [-0.05, 0) is 122 Å². The van der Waals surface area contributed by atoms with Gasteiger partial charge in [0.1, 0.15) is 36.0 Å². The van der Waals surface area contributed by atoms with Gasteiger partial charge in [0.2, 0.25) is 0 Å². The molecule has 24 N–H and O–H groups in total. The molecule has 0 amide bonds. The molecular weight excluding hydrogens is 1340 g/mol. The highest BCUT2D eigenvalue weighted by molar-refractivity contribution is 7.98. The third-order valence-electron chi connectivity index (χ3n) is 14.1. The number of carboxylic acids is 9. The molecule has 1 saturated carbocycles. The van der Waals surface area contributed by atoms with E-state index in [2.05, 4.69) is 10.3 Å². The van der Waals surface area contributed by atoms with Crippen molar-refractivity contribution in [1.29, 1.82) is 0 Å². The van der Waals surface area contributed by atoms with Gasteiger partial charge in [0.25, 0.3) is 0 Å². The molecule has 0 radical (unpaired) electrons. The average Bonchev–Trinajstić information content (AvgIpc) is 1.70. The molecule has 1 aliphatic heterocycles. The van der Waals surface area contributed by atoms with Crippen LogP contribution >= 0.6 is 23.4 Å². The van der Waals surface area contributed by atoms with Crippen molar-refractivity contribution >= 4 is 88.0 Å². The molecule has 0 unspecified atom stereocenters. The molecule has 9 atom stereocenters. The van der Waals surface area contributed by atoms with E-state index in [1.54, 1.807) is 80.2 Å². The van der Waals surface area contributed by atoms with Gasteiger partial charge in [-0.3, -0.25) is 24.0 Å². The molecular formula is C68H93ClN6O23S. The number of aromatic nitrogens is 1. The molecule has 2 aliphatic rings. The normalized spacial score (nSPS) is 15.1. The van der Waals surface area contributed by atoms with Crippen LogP contribution in [0.5, 0.6) is 5.75 Å². The van der Waals surface area contributed by atoms with E-state index in [1.165, 1.54) is 30.7 Å². The summed E-state index contributed by atoms with van der Waals surface area (Å²) >= 11 is 7.24. The fourth-order valence-electron chi connectivity index (χ4n) is 8.36. The number of nitrogens with two attached hydrogens (primary N) is 4. The van der Waals surface area contributed by atoms with Crippen molar-refractivity contribution in [2.24, 2.45) is 34.8 Å². The second kappa shape index (κ2) is 50.3. The highest BCUT2D eigenvalue weighted by Gasteiger charge is 2.27. The van der Waals surface area contributed by atoms with Gasteiger partial charge < -0.3 is 105 Å². The van der Waals surface area contributed by atoms with Crippen LogP contribution < -0.4 is 28.3 Å². The van der Waals surface area contributed by atoms with Crippen LogP contribution in [0.4, 0.5) is 0 Å². The lowest BCUT2D eigenvalue weighted by atomic mass is 9.85. The van der Waals surface area contributed by atoms with E-state index in [9.17, 15) is 43.2 Å². The quantitative estimate of drug-likeness (QED) is 0.0402. The molecule has 31 heteroatoms. The standard InChI is InChI=1S/C11H12N2O2.C9H11NO3.C9H11NO2.C8H7ClO3.C8H14O3.C8H8O3.C5H11NO2S.C5H9NO2.C5H10O3/c12-9(11(14)15)5-7-6-13-10-4-2-1-3-8(7)10;10-8(9(12)13)5-6-1-3-7(11)4-2-6;10-8(9(11)12)6-7-4-2-1-3-5-7;9-6-4-2-1-3-5(6)7(10)8(11)12;2*9-7(8(10)11)6-4-2-1-3-5-6;1-9-3-2-4(6)5(7)8;7-5(8)4-2-1-3-6-4;1-3(2)4(6)5(7)8/h1-4,6,9,13H,5,12H2,(H,14,15);1-4,8,11H,5,10H2,(H,12,13);1-5,8H,6,10H2,(H,11,12);1-4,7,10H,(H,11,12);6-7,9H,1-5H2,(H,10,11);1-5,7,9H,(H,10,11);4H,2-3,6H2,1H3,(H,7,8);4,6H,1-3H2,(H,7,8);3-4,6H,1-2H3,(H,7,8)/t9-;2*8-;3*7-;3*4-/m000111000/s1. The number of hydrogen-bond donors (Lipinski definition) is 20. The Bertz CT molecular complexity index is 3330. The number of thioether (sulfide) groups is 1. The van der Waals surface area contributed by atoms with E-state index in [1.807, 2.05) is 67.0 Å². The number of carboxylic acid groups (broad SMARTS) is 9. The Morgan fingerprint density at radius 2 is 0.980 bits per heavy atom. The van der Waals surface area contributed by atoms with Crippen molar-refractivity contribution < 1.29 is 115 Å². The predicted octanol–water partition coefficient (Wildman–Crippen LogP) is 5.45. The summed E-state index contributed by atoms with van der Waals surface area (Å²) in [6.07, 6.45) is 6.84. The maximum Gasteiger partial charge on any atom is 0.337 e. The second-order valence-electron chi connectivity index (χ2n) is 22.3. The Kier molecular flexibility index (Phi) is 45.7. The van der Waals surface area contributed by atoms with Crippen molar-refractivity contribution in [2.75, 3.05) is 18.6 Å². The lowest BCUT2D eigenvalue weighted by Crippen LogP contribution is -2.32. The first-order valence-corrected chi connectivity index (χ1v) is 32.5. The van der Waals surface area contributed by atoms with E-state index in [0.29, 0.717) is 24.8 Å². The van der Waals surface area contributed by atoms with Gasteiger partial charge in [0.05, 0.1) is 0 Å². The number of rotatable bonds is 22. The summed E-state index contributed by atoms with van der Waals surface area (Å²) < 4.78 is 0. The number of carbonyl (C=O) groups is 9. The number of benzene rings is 5. The molecule has 6 aromatic rings. The van der Waals surface area contributed by atoms with E-state index in [4.69, 9.17) is 106 Å². The third-order valence-corrected chi connectivity index (χ3v) is 15.1. The first-order chi connectivity index (χ1) is 46.6. The zero-order chi connectivity index (χ0) is 75.3.